The number of likely N-dealkylation sites (N-methyl/N-ethyl adjacent to an activating group) is 2. The monoisotopic (exact) mass is 1600 g/mol. The van der Waals surface area contributed by atoms with Gasteiger partial charge in [-0.2, -0.15) is 0 Å². The van der Waals surface area contributed by atoms with Gasteiger partial charge in [-0.15, -0.1) is 0 Å². The van der Waals surface area contributed by atoms with Gasteiger partial charge in [0.25, 0.3) is 5.91 Å². The summed E-state index contributed by atoms with van der Waals surface area (Å²) in [5, 5.41) is 65.6. The molecule has 0 aliphatic carbocycles. The molecule has 640 valence electrons. The molecule has 0 bridgehead atoms. The summed E-state index contributed by atoms with van der Waals surface area (Å²) >= 11 is 0. The van der Waals surface area contributed by atoms with E-state index < -0.39 is 228 Å². The number of aliphatic hydroxyl groups excluding tert-OH is 3. The molecule has 36 heteroatoms. The van der Waals surface area contributed by atoms with Crippen LogP contribution in [0.5, 0.6) is 0 Å². The van der Waals surface area contributed by atoms with E-state index in [1.165, 1.54) is 79.3 Å². The zero-order chi connectivity index (χ0) is 85.4. The molecule has 3 saturated heterocycles. The third-order valence-corrected chi connectivity index (χ3v) is 21.1. The number of unbranched alkanes of at least 4 members (excludes halogenated alkanes) is 8. The van der Waals surface area contributed by atoms with Gasteiger partial charge >= 0.3 is 5.97 Å². The van der Waals surface area contributed by atoms with Crippen molar-refractivity contribution in [1.29, 1.82) is 0 Å². The highest BCUT2D eigenvalue weighted by atomic mass is 16.5. The number of cyclic esters (lactones) is 1. The number of hydrogen-bond acceptors (Lipinski definition) is 20. The molecule has 3 aliphatic rings. The van der Waals surface area contributed by atoms with Gasteiger partial charge in [-0.3, -0.25) is 72.1 Å². The van der Waals surface area contributed by atoms with Crippen molar-refractivity contribution in [3.63, 3.8) is 0 Å². The first-order valence-corrected chi connectivity index (χ1v) is 40.1. The van der Waals surface area contributed by atoms with Gasteiger partial charge in [-0.25, -0.2) is 4.79 Å². The van der Waals surface area contributed by atoms with Crippen molar-refractivity contribution in [2.24, 2.45) is 34.6 Å². The maximum atomic E-state index is 15.0. The number of ether oxygens (including phenoxy) is 1. The van der Waals surface area contributed by atoms with Gasteiger partial charge in [0.05, 0.1) is 31.4 Å². The minimum Gasteiger partial charge on any atom is -0.458 e. The standard InChI is InChI=1S/C77H133N17O19/c1-20-24-25-26-27-28-29-30-31-34-54(99)94-37-32-33-52(94)75(111)93(19)63(47(15)97)74(110)80-38-53(98)84-55(40(5)6)67(103)88-58(43(11)21-2)70(106)81-45(13)64(100)82-49(23-4)65(101)90-61-48(16)113-76(112)62(51-35-36-79-77(78-17)92(51)18)91-71(107)59(44(12)22-3)87-66(102)50(39-95)83-72(108)60(46(14)96)89-69(105)57(42(9)10)85-68(104)56(41(7)8)86-73(61)109/h23,40-48,50-52,55-63,95-97H,20-22,24-39H2,1-19H3,(H,78,79)(H,80,110)(H,81,106)(H,82,100)(H,83,108)(H,84,98)(H,85,104)(H,86,109)(H,87,102)(H,88,103)(H,89,105)(H,90,101)(H,91,107)/b49-23-/t43-,44-,45-,46+,47+,48-,50+,51+,52+,55-,56-,57+,58-,59-,60-,61-,62+,63+/m1/s1. The first-order chi connectivity index (χ1) is 53.2. The maximum absolute atomic E-state index is 15.0. The number of likely N-dealkylation sites (tertiary alicyclic amines) is 1. The lowest BCUT2D eigenvalue weighted by atomic mass is 9.95. The first-order valence-electron chi connectivity index (χ1n) is 40.1. The first kappa shape index (κ1) is 98.1. The molecule has 36 nitrogen and oxygen atoms in total. The summed E-state index contributed by atoms with van der Waals surface area (Å²) in [7, 11) is 4.40. The van der Waals surface area contributed by atoms with Crippen molar-refractivity contribution in [2.45, 2.75) is 304 Å². The fourth-order valence-corrected chi connectivity index (χ4v) is 13.5. The predicted molar refractivity (Wildman–Crippen MR) is 420 cm³/mol. The van der Waals surface area contributed by atoms with Gasteiger partial charge in [0.15, 0.2) is 5.96 Å². The molecule has 0 spiro atoms. The Hall–Kier alpha value is -9.06. The van der Waals surface area contributed by atoms with Crippen molar-refractivity contribution >= 4 is 94.6 Å². The van der Waals surface area contributed by atoms with Crippen molar-refractivity contribution < 1.29 is 92.0 Å². The highest BCUT2D eigenvalue weighted by molar-refractivity contribution is 6.03. The van der Waals surface area contributed by atoms with Crippen LogP contribution in [0.25, 0.3) is 0 Å². The Morgan fingerprint density at radius 2 is 1.20 bits per heavy atom. The summed E-state index contributed by atoms with van der Waals surface area (Å²) in [6, 6.07) is -19.1. The molecule has 0 aromatic carbocycles. The number of nitrogens with zero attached hydrogens (tertiary/aromatic N) is 4. The molecule has 113 heavy (non-hydrogen) atoms. The number of carbonyl (C=O) groups is 15. The van der Waals surface area contributed by atoms with Gasteiger partial charge < -0.3 is 104 Å². The van der Waals surface area contributed by atoms with Crippen LogP contribution in [0.3, 0.4) is 0 Å². The molecule has 14 amide bonds. The van der Waals surface area contributed by atoms with E-state index in [1.54, 1.807) is 81.2 Å². The lowest BCUT2D eigenvalue weighted by molar-refractivity contribution is -0.157. The van der Waals surface area contributed by atoms with E-state index in [2.05, 4.69) is 81.0 Å². The summed E-state index contributed by atoms with van der Waals surface area (Å²) in [5.41, 5.74) is -0.522. The Kier molecular flexibility index (Phi) is 41.9. The number of amides is 14. The zero-order valence-electron chi connectivity index (χ0n) is 69.8. The zero-order valence-corrected chi connectivity index (χ0v) is 69.8. The molecule has 3 aliphatic heterocycles. The molecular weight excluding hydrogens is 1470 g/mol. The lowest BCUT2D eigenvalue weighted by Crippen LogP contribution is -2.66. The molecule has 16 N–H and O–H groups in total. The summed E-state index contributed by atoms with van der Waals surface area (Å²) in [4.78, 5) is 222. The molecule has 3 heterocycles. The van der Waals surface area contributed by atoms with Crippen LogP contribution in [0.2, 0.25) is 0 Å². The van der Waals surface area contributed by atoms with Crippen LogP contribution in [0.1, 0.15) is 207 Å². The normalized spacial score (nSPS) is 24.6. The molecule has 0 aromatic heterocycles. The average Bonchev–Trinajstić information content (AvgIpc) is 0.850. The SMILES string of the molecule is C/C=C(\NC(=O)[C@@H](C)NC(=O)[C@H](NC(=O)[C@H](NC(=O)CNC(=O)[C@H]([C@H](C)O)N(C)C(=O)[C@@H]1CCCN1C(=O)CCCCCCCCCCC)C(C)C)[C@H](C)CC)C(=O)N[C@H]1C(=O)N[C@H](C(C)C)C(=O)N[C@@H](C(C)C)C(=O)N[C@H]([C@H](C)O)C(=O)N[C@@H](CO)C(=O)N[C@H]([C@H](C)CC)C(=O)N[C@@H]([C@@H]2CCNC(=NC)N2C)C(=O)O[C@@H]1C. The highest BCUT2D eigenvalue weighted by Crippen LogP contribution is 2.24. The largest absolute Gasteiger partial charge is 0.458 e. The Bertz CT molecular complexity index is 3310. The van der Waals surface area contributed by atoms with E-state index in [-0.39, 0.29) is 31.7 Å². The molecule has 18 atom stereocenters. The fraction of sp³-hybridized carbons (Fsp3) is 0.766. The second-order valence-corrected chi connectivity index (χ2v) is 31.1. The minimum atomic E-state index is -1.98. The number of allylic oxidation sites excluding steroid dienone is 1. The molecule has 0 aromatic rings. The summed E-state index contributed by atoms with van der Waals surface area (Å²) < 4.78 is 6.07. The maximum Gasteiger partial charge on any atom is 0.331 e. The molecular formula is C77H133N17O19. The Morgan fingerprint density at radius 1 is 0.655 bits per heavy atom. The van der Waals surface area contributed by atoms with E-state index >= 15 is 9.59 Å². The van der Waals surface area contributed by atoms with Gasteiger partial charge in [0.1, 0.15) is 84.3 Å². The fourth-order valence-electron chi connectivity index (χ4n) is 13.5. The molecule has 3 fully saturated rings. The number of hydrogen-bond donors (Lipinski definition) is 16. The third kappa shape index (κ3) is 29.4. The third-order valence-electron chi connectivity index (χ3n) is 21.1. The van der Waals surface area contributed by atoms with Crippen LogP contribution in [0.4, 0.5) is 0 Å². The number of aliphatic hydroxyl groups is 3. The topological polar surface area (TPSA) is 504 Å². The molecule has 0 unspecified atom stereocenters. The quantitative estimate of drug-likeness (QED) is 0.0201. The predicted octanol–water partition coefficient (Wildman–Crippen LogP) is -1.23. The number of guanidine groups is 1. The van der Waals surface area contributed by atoms with Crippen LogP contribution in [0, 0.1) is 29.6 Å². The van der Waals surface area contributed by atoms with Gasteiger partial charge in [-0.1, -0.05) is 146 Å². The smallest absolute Gasteiger partial charge is 0.331 e. The highest BCUT2D eigenvalue weighted by Gasteiger charge is 2.46. The second-order valence-electron chi connectivity index (χ2n) is 31.1. The number of nitrogens with one attached hydrogen (secondary N) is 13. The molecule has 0 saturated carbocycles. The lowest BCUT2D eigenvalue weighted by Gasteiger charge is -2.40. The van der Waals surface area contributed by atoms with Crippen LogP contribution in [-0.2, 0) is 76.7 Å². The van der Waals surface area contributed by atoms with Crippen LogP contribution in [0.15, 0.2) is 16.8 Å². The van der Waals surface area contributed by atoms with Crippen molar-refractivity contribution in [3.8, 4) is 0 Å². The van der Waals surface area contributed by atoms with Gasteiger partial charge in [0, 0.05) is 40.7 Å². The number of carbonyl (C=O) groups excluding carboxylic acids is 15. The van der Waals surface area contributed by atoms with E-state index in [9.17, 15) is 77.6 Å². The summed E-state index contributed by atoms with van der Waals surface area (Å²) in [5.74, 6) is -16.9. The van der Waals surface area contributed by atoms with Crippen molar-refractivity contribution in [3.05, 3.63) is 11.8 Å². The van der Waals surface area contributed by atoms with Crippen molar-refractivity contribution in [2.75, 3.05) is 47.4 Å². The van der Waals surface area contributed by atoms with Crippen LogP contribution in [-0.4, -0.2) is 269 Å². The van der Waals surface area contributed by atoms with Crippen LogP contribution >= 0.6 is 0 Å². The number of esters is 1. The van der Waals surface area contributed by atoms with Crippen molar-refractivity contribution in [1.82, 2.24) is 83.8 Å². The molecule has 0 radical (unpaired) electrons. The van der Waals surface area contributed by atoms with E-state index in [1.807, 2.05) is 0 Å². The Balaban J connectivity index is 1.94. The van der Waals surface area contributed by atoms with E-state index in [4.69, 9.17) is 4.74 Å². The van der Waals surface area contributed by atoms with Gasteiger partial charge in [0.2, 0.25) is 76.8 Å². The number of rotatable bonds is 35. The Morgan fingerprint density at radius 3 is 1.73 bits per heavy atom. The Labute approximate surface area is 665 Å². The average molecular weight is 1600 g/mol. The second kappa shape index (κ2) is 48.2. The minimum absolute atomic E-state index is 0.149. The van der Waals surface area contributed by atoms with E-state index in [0.29, 0.717) is 38.2 Å². The summed E-state index contributed by atoms with van der Waals surface area (Å²) in [6.07, 6.45) is 7.97. The van der Waals surface area contributed by atoms with Gasteiger partial charge in [-0.05, 0) is 89.9 Å². The number of aliphatic imine (C=N–C) groups is 1. The molecule has 3 rings (SSSR count). The van der Waals surface area contributed by atoms with E-state index in [0.717, 1.165) is 36.7 Å². The summed E-state index contributed by atoms with van der Waals surface area (Å²) in [6.45, 7) is 23.5. The van der Waals surface area contributed by atoms with Crippen LogP contribution < -0.4 is 69.1 Å².